The molecule has 0 aliphatic carbocycles. The van der Waals surface area contributed by atoms with Gasteiger partial charge in [-0.05, 0) is 33.1 Å². The highest BCUT2D eigenvalue weighted by atomic mass is 35.5. The molecule has 0 aromatic carbocycles. The summed E-state index contributed by atoms with van der Waals surface area (Å²) in [6, 6.07) is 0.596. The summed E-state index contributed by atoms with van der Waals surface area (Å²) in [5, 5.41) is 11.0. The quantitative estimate of drug-likeness (QED) is 0.469. The second-order valence-corrected chi connectivity index (χ2v) is 8.16. The number of nitrogens with zero attached hydrogens (tertiary/aromatic N) is 3. The maximum atomic E-state index is 12.4. The van der Waals surface area contributed by atoms with Gasteiger partial charge in [-0.2, -0.15) is 0 Å². The molecule has 2 rings (SSSR count). The third-order valence-corrected chi connectivity index (χ3v) is 5.92. The van der Waals surface area contributed by atoms with Crippen molar-refractivity contribution < 1.29 is 9.59 Å². The van der Waals surface area contributed by atoms with E-state index in [1.165, 1.54) is 29.5 Å². The third kappa shape index (κ3) is 5.32. The molecule has 1 aromatic heterocycles. The smallest absolute Gasteiger partial charge is 0.233 e. The molecule has 0 unspecified atom stereocenters. The van der Waals surface area contributed by atoms with Gasteiger partial charge in [-0.3, -0.25) is 9.59 Å². The van der Waals surface area contributed by atoms with E-state index in [1.54, 1.807) is 0 Å². The summed E-state index contributed by atoms with van der Waals surface area (Å²) in [5.74, 6) is 0.573. The summed E-state index contributed by atoms with van der Waals surface area (Å²) in [7, 11) is 0. The van der Waals surface area contributed by atoms with Crippen molar-refractivity contribution in [1.82, 2.24) is 15.1 Å². The number of amides is 2. The van der Waals surface area contributed by atoms with Crippen molar-refractivity contribution in [3.8, 4) is 0 Å². The van der Waals surface area contributed by atoms with Crippen LogP contribution in [-0.2, 0) is 9.59 Å². The molecule has 1 aliphatic heterocycles. The van der Waals surface area contributed by atoms with Crippen LogP contribution in [0.25, 0.3) is 0 Å². The Balaban J connectivity index is 1.84. The fourth-order valence-corrected chi connectivity index (χ4v) is 4.51. The molecule has 0 bridgehead atoms. The predicted octanol–water partition coefficient (Wildman–Crippen LogP) is 2.99. The van der Waals surface area contributed by atoms with Gasteiger partial charge in [0, 0.05) is 24.4 Å². The molecule has 128 valence electrons. The van der Waals surface area contributed by atoms with Gasteiger partial charge in [-0.15, -0.1) is 21.8 Å². The number of rotatable bonds is 6. The lowest BCUT2D eigenvalue weighted by molar-refractivity contribution is -0.134. The number of likely N-dealkylation sites (tertiary alicyclic amines) is 1. The molecule has 1 aliphatic rings. The summed E-state index contributed by atoms with van der Waals surface area (Å²) >= 11 is 8.15. The van der Waals surface area contributed by atoms with E-state index in [0.29, 0.717) is 27.3 Å². The Kier molecular flexibility index (Phi) is 7.10. The second kappa shape index (κ2) is 8.84. The molecule has 1 N–H and O–H groups in total. The van der Waals surface area contributed by atoms with Crippen molar-refractivity contribution in [2.24, 2.45) is 0 Å². The number of hydrogen-bond acceptors (Lipinski definition) is 6. The van der Waals surface area contributed by atoms with Crippen LogP contribution in [0.2, 0.25) is 0 Å². The minimum atomic E-state index is -0.181. The maximum Gasteiger partial charge on any atom is 0.233 e. The van der Waals surface area contributed by atoms with Crippen LogP contribution in [-0.4, -0.2) is 50.6 Å². The van der Waals surface area contributed by atoms with E-state index in [2.05, 4.69) is 29.4 Å². The first kappa shape index (κ1) is 18.5. The molecule has 23 heavy (non-hydrogen) atoms. The number of anilines is 1. The molecule has 2 atom stereocenters. The number of carbonyl (C=O) groups excluding carboxylic acids is 2. The Morgan fingerprint density at radius 2 is 2.04 bits per heavy atom. The summed E-state index contributed by atoms with van der Waals surface area (Å²) in [4.78, 5) is 25.9. The van der Waals surface area contributed by atoms with E-state index >= 15 is 0 Å². The Morgan fingerprint density at radius 3 is 2.70 bits per heavy atom. The van der Waals surface area contributed by atoms with E-state index in [9.17, 15) is 9.59 Å². The van der Waals surface area contributed by atoms with Gasteiger partial charge in [0.2, 0.25) is 16.9 Å². The molecular formula is C14H21ClN4O2S2. The van der Waals surface area contributed by atoms with Crippen molar-refractivity contribution in [3.63, 3.8) is 0 Å². The van der Waals surface area contributed by atoms with E-state index in [4.69, 9.17) is 11.6 Å². The zero-order valence-corrected chi connectivity index (χ0v) is 15.6. The number of alkyl halides is 1. The number of halogens is 1. The Labute approximate surface area is 149 Å². The number of thioether (sulfide) groups is 1. The Hall–Kier alpha value is -0.860. The van der Waals surface area contributed by atoms with Crippen LogP contribution in [0.3, 0.4) is 0 Å². The zero-order valence-electron chi connectivity index (χ0n) is 13.2. The molecule has 2 amide bonds. The van der Waals surface area contributed by atoms with Gasteiger partial charge in [0.1, 0.15) is 0 Å². The number of nitrogens with one attached hydrogen (secondary N) is 1. The monoisotopic (exact) mass is 376 g/mol. The van der Waals surface area contributed by atoms with Gasteiger partial charge in [-0.1, -0.05) is 23.1 Å². The number of piperidine rings is 1. The zero-order chi connectivity index (χ0) is 16.8. The minimum absolute atomic E-state index is 0.137. The maximum absolute atomic E-state index is 12.4. The van der Waals surface area contributed by atoms with Crippen LogP contribution in [0.15, 0.2) is 4.34 Å². The van der Waals surface area contributed by atoms with Crippen molar-refractivity contribution >= 4 is 51.6 Å². The molecule has 9 heteroatoms. The van der Waals surface area contributed by atoms with Crippen LogP contribution in [0.1, 0.15) is 39.5 Å². The van der Waals surface area contributed by atoms with Crippen LogP contribution in [0.4, 0.5) is 5.13 Å². The largest absolute Gasteiger partial charge is 0.337 e. The highest BCUT2D eigenvalue weighted by Gasteiger charge is 2.28. The minimum Gasteiger partial charge on any atom is -0.337 e. The highest BCUT2D eigenvalue weighted by molar-refractivity contribution is 8.01. The lowest BCUT2D eigenvalue weighted by atomic mass is 9.98. The average Bonchev–Trinajstić information content (AvgIpc) is 2.92. The fourth-order valence-electron chi connectivity index (χ4n) is 2.70. The van der Waals surface area contributed by atoms with Crippen LogP contribution in [0, 0.1) is 0 Å². The topological polar surface area (TPSA) is 75.2 Å². The van der Waals surface area contributed by atoms with Crippen molar-refractivity contribution in [2.45, 2.75) is 56.0 Å². The lowest BCUT2D eigenvalue weighted by Crippen LogP contribution is -2.48. The molecule has 2 heterocycles. The van der Waals surface area contributed by atoms with Crippen LogP contribution in [0.5, 0.6) is 0 Å². The Morgan fingerprint density at radius 1 is 1.35 bits per heavy atom. The van der Waals surface area contributed by atoms with Gasteiger partial charge in [0.05, 0.1) is 5.75 Å². The van der Waals surface area contributed by atoms with Crippen molar-refractivity contribution in [2.75, 3.05) is 16.9 Å². The average molecular weight is 377 g/mol. The fraction of sp³-hybridized carbons (Fsp3) is 0.714. The summed E-state index contributed by atoms with van der Waals surface area (Å²) in [5.41, 5.74) is 0. The molecular weight excluding hydrogens is 356 g/mol. The number of hydrogen-bond donors (Lipinski definition) is 1. The predicted molar refractivity (Wildman–Crippen MR) is 94.2 cm³/mol. The summed E-state index contributed by atoms with van der Waals surface area (Å²) < 4.78 is 0.678. The van der Waals surface area contributed by atoms with Crippen LogP contribution >= 0.6 is 34.7 Å². The van der Waals surface area contributed by atoms with E-state index in [-0.39, 0.29) is 24.1 Å². The van der Waals surface area contributed by atoms with E-state index < -0.39 is 0 Å². The standard InChI is InChI=1S/C14H21ClN4O2S2/c1-9-4-3-5-10(2)19(9)12(21)8-22-14-18-17-13(23-14)16-11(20)6-7-15/h9-10H,3-8H2,1-2H3,(H,16,17,20)/t9-,10-/m0/s1. The molecule has 0 saturated carbocycles. The van der Waals surface area contributed by atoms with Gasteiger partial charge in [0.15, 0.2) is 4.34 Å². The molecule has 0 radical (unpaired) electrons. The molecule has 6 nitrogen and oxygen atoms in total. The highest BCUT2D eigenvalue weighted by Crippen LogP contribution is 2.28. The molecule has 0 spiro atoms. The molecule has 1 saturated heterocycles. The first-order valence-corrected chi connectivity index (χ1v) is 9.98. The first-order chi connectivity index (χ1) is 11.0. The normalized spacial score (nSPS) is 21.3. The summed E-state index contributed by atoms with van der Waals surface area (Å²) in [6.45, 7) is 4.21. The van der Waals surface area contributed by atoms with Gasteiger partial charge >= 0.3 is 0 Å². The molecule has 1 fully saturated rings. The van der Waals surface area contributed by atoms with Gasteiger partial charge in [0.25, 0.3) is 0 Å². The van der Waals surface area contributed by atoms with E-state index in [1.807, 2.05) is 4.90 Å². The molecule has 1 aromatic rings. The van der Waals surface area contributed by atoms with Crippen molar-refractivity contribution in [3.05, 3.63) is 0 Å². The van der Waals surface area contributed by atoms with Crippen molar-refractivity contribution in [1.29, 1.82) is 0 Å². The van der Waals surface area contributed by atoms with Crippen LogP contribution < -0.4 is 5.32 Å². The first-order valence-electron chi connectivity index (χ1n) is 7.64. The Bertz CT molecular complexity index is 545. The number of carbonyl (C=O) groups is 2. The number of aromatic nitrogens is 2. The van der Waals surface area contributed by atoms with Gasteiger partial charge < -0.3 is 10.2 Å². The SMILES string of the molecule is C[C@H]1CCC[C@H](C)N1C(=O)CSc1nnc(NC(=O)CCCl)s1. The lowest BCUT2D eigenvalue weighted by Gasteiger charge is -2.39. The van der Waals surface area contributed by atoms with Gasteiger partial charge in [-0.25, -0.2) is 0 Å². The summed E-state index contributed by atoms with van der Waals surface area (Å²) in [6.07, 6.45) is 3.56. The van der Waals surface area contributed by atoms with E-state index in [0.717, 1.165) is 12.8 Å². The third-order valence-electron chi connectivity index (χ3n) is 3.77. The second-order valence-electron chi connectivity index (χ2n) is 5.58.